The van der Waals surface area contributed by atoms with Gasteiger partial charge in [-0.15, -0.1) is 0 Å². The third-order valence-electron chi connectivity index (χ3n) is 1.44. The summed E-state index contributed by atoms with van der Waals surface area (Å²) in [5.41, 5.74) is 0. The van der Waals surface area contributed by atoms with E-state index < -0.39 is 22.6 Å². The summed E-state index contributed by atoms with van der Waals surface area (Å²) in [5.74, 6) is -1.07. The lowest BCUT2D eigenvalue weighted by Gasteiger charge is -2.01. The van der Waals surface area contributed by atoms with Crippen molar-refractivity contribution in [2.24, 2.45) is 5.92 Å². The maximum Gasteiger partial charge on any atom is 0.316 e. The topological polar surface area (TPSA) is 69.7 Å². The van der Waals surface area contributed by atoms with Crippen molar-refractivity contribution in [3.63, 3.8) is 0 Å². The molecule has 1 atom stereocenters. The molecule has 0 aliphatic carbocycles. The van der Waals surface area contributed by atoms with Crippen molar-refractivity contribution in [3.8, 4) is 0 Å². The Balaban J connectivity index is 2.71. The van der Waals surface area contributed by atoms with Crippen LogP contribution >= 0.6 is 0 Å². The van der Waals surface area contributed by atoms with E-state index in [-0.39, 0.29) is 11.7 Å². The number of hydrogen-bond donors (Lipinski definition) is 1. The molecule has 0 saturated heterocycles. The molecule has 12 heavy (non-hydrogen) atoms. The number of hydrogen-bond acceptors (Lipinski definition) is 5. The Hall–Kier alpha value is -1.04. The molecule has 1 heterocycles. The lowest BCUT2D eigenvalue weighted by atomic mass is 10.2. The molecule has 1 unspecified atom stereocenters. The molecule has 0 spiro atoms. The van der Waals surface area contributed by atoms with Gasteiger partial charge < -0.3 is 9.47 Å². The summed E-state index contributed by atoms with van der Waals surface area (Å²) >= 11 is 0. The summed E-state index contributed by atoms with van der Waals surface area (Å²) in [5, 5.41) is -0.152. The smallest absolute Gasteiger partial charge is 0.316 e. The van der Waals surface area contributed by atoms with E-state index >= 15 is 0 Å². The van der Waals surface area contributed by atoms with Crippen molar-refractivity contribution in [3.05, 3.63) is 11.2 Å². The zero-order valence-corrected chi connectivity index (χ0v) is 7.24. The molecule has 0 saturated carbocycles. The van der Waals surface area contributed by atoms with Gasteiger partial charge in [-0.3, -0.25) is 4.79 Å². The normalized spacial score (nSPS) is 21.8. The first-order valence-electron chi connectivity index (χ1n) is 3.22. The fourth-order valence-corrected chi connectivity index (χ4v) is 1.33. The standard InChI is InChI=1S/C6H8O5S/c1-10-6(7)4-2-5(11-3-4)12(8)9/h2,4,12H,3H2,1H3. The van der Waals surface area contributed by atoms with Crippen molar-refractivity contribution in [2.45, 2.75) is 0 Å². The van der Waals surface area contributed by atoms with Crippen molar-refractivity contribution >= 4 is 16.7 Å². The van der Waals surface area contributed by atoms with E-state index in [0.29, 0.717) is 0 Å². The lowest BCUT2D eigenvalue weighted by molar-refractivity contribution is -0.144. The van der Waals surface area contributed by atoms with Crippen LogP contribution in [0.2, 0.25) is 0 Å². The Morgan fingerprint density at radius 3 is 2.83 bits per heavy atom. The van der Waals surface area contributed by atoms with E-state index in [0.717, 1.165) is 0 Å². The van der Waals surface area contributed by atoms with Crippen LogP contribution in [0.15, 0.2) is 11.2 Å². The molecule has 6 heteroatoms. The number of thiol groups is 1. The van der Waals surface area contributed by atoms with Crippen LogP contribution in [0.25, 0.3) is 0 Å². The molecule has 1 rings (SSSR count). The van der Waals surface area contributed by atoms with E-state index in [9.17, 15) is 13.2 Å². The molecule has 1 aliphatic rings. The van der Waals surface area contributed by atoms with Crippen molar-refractivity contribution in [2.75, 3.05) is 13.7 Å². The molecule has 0 aromatic carbocycles. The molecule has 68 valence electrons. The summed E-state index contributed by atoms with van der Waals surface area (Å²) in [6, 6.07) is 0. The molecular weight excluding hydrogens is 184 g/mol. The number of carbonyl (C=O) groups excluding carboxylic acids is 1. The van der Waals surface area contributed by atoms with E-state index in [1.54, 1.807) is 0 Å². The SMILES string of the molecule is COC(=O)C1C=C([SH](=O)=O)OC1. The van der Waals surface area contributed by atoms with Crippen LogP contribution < -0.4 is 0 Å². The maximum absolute atomic E-state index is 10.8. The van der Waals surface area contributed by atoms with Gasteiger partial charge in [-0.25, -0.2) is 8.42 Å². The highest BCUT2D eigenvalue weighted by Crippen LogP contribution is 2.17. The first kappa shape index (κ1) is 9.05. The fraction of sp³-hybridized carbons (Fsp3) is 0.500. The van der Waals surface area contributed by atoms with Gasteiger partial charge in [0.15, 0.2) is 0 Å². The minimum absolute atomic E-state index is 0.0469. The Morgan fingerprint density at radius 1 is 1.75 bits per heavy atom. The van der Waals surface area contributed by atoms with Gasteiger partial charge in [-0.05, 0) is 6.08 Å². The molecular formula is C6H8O5S. The Labute approximate surface area is 70.9 Å². The number of ether oxygens (including phenoxy) is 2. The van der Waals surface area contributed by atoms with E-state index in [1.165, 1.54) is 13.2 Å². The Morgan fingerprint density at radius 2 is 2.42 bits per heavy atom. The summed E-state index contributed by atoms with van der Waals surface area (Å²) in [7, 11) is -1.49. The highest BCUT2D eigenvalue weighted by Gasteiger charge is 2.25. The van der Waals surface area contributed by atoms with Gasteiger partial charge in [0, 0.05) is 0 Å². The molecule has 0 radical (unpaired) electrons. The molecule has 0 amide bonds. The second kappa shape index (κ2) is 3.57. The number of rotatable bonds is 2. The average Bonchev–Trinajstić information content (AvgIpc) is 2.51. The molecule has 0 aromatic rings. The van der Waals surface area contributed by atoms with E-state index in [1.807, 2.05) is 0 Å². The van der Waals surface area contributed by atoms with Crippen LogP contribution in [0.3, 0.4) is 0 Å². The third-order valence-corrected chi connectivity index (χ3v) is 2.08. The van der Waals surface area contributed by atoms with Crippen LogP contribution in [0.4, 0.5) is 0 Å². The molecule has 0 fully saturated rings. The van der Waals surface area contributed by atoms with Gasteiger partial charge in [0.1, 0.15) is 12.5 Å². The maximum atomic E-state index is 10.8. The van der Waals surface area contributed by atoms with E-state index in [4.69, 9.17) is 4.74 Å². The van der Waals surface area contributed by atoms with Gasteiger partial charge in [-0.2, -0.15) is 0 Å². The Bertz CT molecular complexity index is 282. The summed E-state index contributed by atoms with van der Waals surface area (Å²) in [4.78, 5) is 10.8. The van der Waals surface area contributed by atoms with Crippen LogP contribution in [0, 0.1) is 5.92 Å². The van der Waals surface area contributed by atoms with Crippen LogP contribution in [0.1, 0.15) is 0 Å². The van der Waals surface area contributed by atoms with Crippen LogP contribution in [-0.2, 0) is 25.0 Å². The van der Waals surface area contributed by atoms with Gasteiger partial charge in [0.25, 0.3) is 0 Å². The molecule has 0 bridgehead atoms. The average molecular weight is 192 g/mol. The third kappa shape index (κ3) is 1.76. The fourth-order valence-electron chi connectivity index (χ4n) is 0.845. The number of methoxy groups -OCH3 is 1. The summed E-state index contributed by atoms with van der Waals surface area (Å²) < 4.78 is 29.8. The van der Waals surface area contributed by atoms with Crippen molar-refractivity contribution in [1.29, 1.82) is 0 Å². The van der Waals surface area contributed by atoms with Crippen LogP contribution in [0.5, 0.6) is 0 Å². The molecule has 0 N–H and O–H groups in total. The zero-order valence-electron chi connectivity index (χ0n) is 6.35. The minimum Gasteiger partial charge on any atom is -0.482 e. The minimum atomic E-state index is -2.73. The van der Waals surface area contributed by atoms with Gasteiger partial charge in [0.05, 0.1) is 7.11 Å². The number of esters is 1. The second-order valence-corrected chi connectivity index (χ2v) is 3.16. The van der Waals surface area contributed by atoms with Crippen LogP contribution in [-0.4, -0.2) is 28.1 Å². The molecule has 1 aliphatic heterocycles. The lowest BCUT2D eigenvalue weighted by Crippen LogP contribution is -2.14. The van der Waals surface area contributed by atoms with Gasteiger partial charge in [-0.1, -0.05) is 0 Å². The quantitative estimate of drug-likeness (QED) is 0.461. The highest BCUT2D eigenvalue weighted by atomic mass is 32.2. The highest BCUT2D eigenvalue weighted by molar-refractivity contribution is 7.76. The van der Waals surface area contributed by atoms with Crippen molar-refractivity contribution < 1.29 is 22.7 Å². The predicted octanol–water partition coefficient (Wildman–Crippen LogP) is -0.741. The zero-order chi connectivity index (χ0) is 9.14. The summed E-state index contributed by atoms with van der Waals surface area (Å²) in [6.07, 6.45) is 1.25. The van der Waals surface area contributed by atoms with E-state index in [2.05, 4.69) is 4.74 Å². The second-order valence-electron chi connectivity index (χ2n) is 2.20. The van der Waals surface area contributed by atoms with Gasteiger partial charge in [0.2, 0.25) is 15.8 Å². The number of carbonyl (C=O) groups is 1. The first-order valence-corrected chi connectivity index (χ1v) is 4.39. The first-order chi connectivity index (χ1) is 5.65. The monoisotopic (exact) mass is 192 g/mol. The van der Waals surface area contributed by atoms with Crippen molar-refractivity contribution in [1.82, 2.24) is 0 Å². The predicted molar refractivity (Wildman–Crippen MR) is 39.9 cm³/mol. The summed E-state index contributed by atoms with van der Waals surface area (Å²) in [6.45, 7) is 0.0469. The Kier molecular flexibility index (Phi) is 2.69. The van der Waals surface area contributed by atoms with Gasteiger partial charge >= 0.3 is 5.97 Å². The molecule has 5 nitrogen and oxygen atoms in total. The molecule has 0 aromatic heterocycles. The largest absolute Gasteiger partial charge is 0.482 e.